The topological polar surface area (TPSA) is 96.2 Å². The Kier molecular flexibility index (Phi) is 4.65. The third-order valence-electron chi connectivity index (χ3n) is 5.34. The zero-order valence-corrected chi connectivity index (χ0v) is 15.9. The van der Waals surface area contributed by atoms with Gasteiger partial charge in [0, 0.05) is 24.0 Å². The molecule has 6 nitrogen and oxygen atoms in total. The maximum atomic E-state index is 12.8. The lowest BCUT2D eigenvalue weighted by Crippen LogP contribution is -2.41. The van der Waals surface area contributed by atoms with Crippen LogP contribution in [0.15, 0.2) is 36.4 Å². The van der Waals surface area contributed by atoms with Crippen LogP contribution in [0.1, 0.15) is 31.4 Å². The highest BCUT2D eigenvalue weighted by Crippen LogP contribution is 2.38. The highest BCUT2D eigenvalue weighted by Gasteiger charge is 2.47. The molecule has 6 heteroatoms. The summed E-state index contributed by atoms with van der Waals surface area (Å²) in [5, 5.41) is 31.4. The smallest absolute Gasteiger partial charge is 0.164 e. The van der Waals surface area contributed by atoms with Crippen LogP contribution in [0.5, 0.6) is 11.5 Å². The average Bonchev–Trinajstić information content (AvgIpc) is 2.98. The third-order valence-corrected chi connectivity index (χ3v) is 5.34. The number of carbonyl (C=O) groups excluding carboxylic acids is 1. The summed E-state index contributed by atoms with van der Waals surface area (Å²) in [6, 6.07) is 10.1. The lowest BCUT2D eigenvalue weighted by atomic mass is 9.95. The molecule has 0 amide bonds. The molecule has 28 heavy (non-hydrogen) atoms. The Bertz CT molecular complexity index is 919. The van der Waals surface area contributed by atoms with Gasteiger partial charge in [0.2, 0.25) is 0 Å². The van der Waals surface area contributed by atoms with Crippen LogP contribution < -0.4 is 0 Å². The number of hydrogen-bond acceptors (Lipinski definition) is 6. The van der Waals surface area contributed by atoms with E-state index in [1.165, 1.54) is 0 Å². The van der Waals surface area contributed by atoms with Gasteiger partial charge in [-0.05, 0) is 55.7 Å². The first-order valence-electron chi connectivity index (χ1n) is 9.44. The lowest BCUT2D eigenvalue weighted by molar-refractivity contribution is -0.159. The molecule has 0 spiro atoms. The number of ketones is 1. The fourth-order valence-electron chi connectivity index (χ4n) is 3.97. The van der Waals surface area contributed by atoms with Crippen molar-refractivity contribution in [2.24, 2.45) is 0 Å². The van der Waals surface area contributed by atoms with Crippen LogP contribution in [0.2, 0.25) is 0 Å². The Morgan fingerprint density at radius 2 is 1.54 bits per heavy atom. The van der Waals surface area contributed by atoms with E-state index in [9.17, 15) is 20.1 Å². The number of aryl methyl sites for hydroxylation is 1. The van der Waals surface area contributed by atoms with E-state index in [0.717, 1.165) is 11.1 Å². The Labute approximate surface area is 163 Å². The van der Waals surface area contributed by atoms with Crippen LogP contribution >= 0.6 is 0 Å². The average molecular weight is 384 g/mol. The number of phenols is 2. The number of phenolic OH excluding ortho intramolecular Hbond substituents is 2. The van der Waals surface area contributed by atoms with Gasteiger partial charge in [-0.1, -0.05) is 12.1 Å². The van der Waals surface area contributed by atoms with Crippen LogP contribution in [0.3, 0.4) is 0 Å². The van der Waals surface area contributed by atoms with E-state index in [4.69, 9.17) is 9.47 Å². The van der Waals surface area contributed by atoms with E-state index in [1.54, 1.807) is 50.2 Å². The molecule has 148 valence electrons. The molecule has 0 aromatic heterocycles. The van der Waals surface area contributed by atoms with E-state index in [-0.39, 0.29) is 30.1 Å². The normalized spacial score (nSPS) is 26.7. The van der Waals surface area contributed by atoms with Crippen molar-refractivity contribution in [3.8, 4) is 22.6 Å². The Morgan fingerprint density at radius 1 is 0.929 bits per heavy atom. The van der Waals surface area contributed by atoms with Gasteiger partial charge in [0.25, 0.3) is 0 Å². The maximum Gasteiger partial charge on any atom is 0.164 e. The largest absolute Gasteiger partial charge is 0.507 e. The molecule has 3 N–H and O–H groups in total. The molecule has 1 aliphatic carbocycles. The number of carbonyl (C=O) groups is 1. The molecular weight excluding hydrogens is 360 g/mol. The van der Waals surface area contributed by atoms with Crippen LogP contribution in [-0.4, -0.2) is 45.2 Å². The van der Waals surface area contributed by atoms with Gasteiger partial charge in [-0.25, -0.2) is 0 Å². The molecule has 3 atom stereocenters. The minimum atomic E-state index is -0.953. The molecule has 0 unspecified atom stereocenters. The molecule has 2 aromatic carbocycles. The number of fused-ring (bicyclic) bond motifs is 6. The highest BCUT2D eigenvalue weighted by atomic mass is 16.8. The van der Waals surface area contributed by atoms with Gasteiger partial charge in [-0.2, -0.15) is 0 Å². The summed E-state index contributed by atoms with van der Waals surface area (Å²) in [7, 11) is 0. The standard InChI is InChI=1S/C22H24O6/c1-22(2)27-20-18(25)8-4-12-3-6-16(23)14(9-12)15-10-13(5-7-17(15)24)11-19(26)21(20)28-22/h3,5-7,9-10,19-21,23-24,26H,4,8,11H2,1-2H3/t19-,20-,21-/m0/s1. The predicted octanol–water partition coefficient (Wildman–Crippen LogP) is 2.70. The zero-order chi connectivity index (χ0) is 20.1. The van der Waals surface area contributed by atoms with E-state index < -0.39 is 24.1 Å². The second-order valence-corrected chi connectivity index (χ2v) is 7.96. The lowest BCUT2D eigenvalue weighted by Gasteiger charge is -2.22. The quantitative estimate of drug-likeness (QED) is 0.646. The summed E-state index contributed by atoms with van der Waals surface area (Å²) in [5.41, 5.74) is 2.59. The first-order valence-corrected chi connectivity index (χ1v) is 9.44. The summed E-state index contributed by atoms with van der Waals surface area (Å²) < 4.78 is 11.7. The molecule has 1 saturated heterocycles. The van der Waals surface area contributed by atoms with Gasteiger partial charge in [-0.3, -0.25) is 4.79 Å². The van der Waals surface area contributed by atoms with E-state index in [1.807, 2.05) is 0 Å². The summed E-state index contributed by atoms with van der Waals surface area (Å²) in [6.45, 7) is 3.46. The number of ether oxygens (including phenoxy) is 2. The van der Waals surface area contributed by atoms with Crippen molar-refractivity contribution in [1.29, 1.82) is 0 Å². The molecular formula is C22H24O6. The molecule has 1 fully saturated rings. The predicted molar refractivity (Wildman–Crippen MR) is 102 cm³/mol. The Morgan fingerprint density at radius 3 is 2.21 bits per heavy atom. The molecule has 1 heterocycles. The Hall–Kier alpha value is -2.41. The van der Waals surface area contributed by atoms with Crippen molar-refractivity contribution in [2.45, 2.75) is 57.2 Å². The SMILES string of the molecule is CC1(C)O[C@H]2[C@@H](O)Cc3ccc(O)c(c3)-c3cc(ccc3O)CCC(=O)[C@@H]2O1. The van der Waals surface area contributed by atoms with E-state index in [2.05, 4.69) is 0 Å². The molecule has 2 aliphatic rings. The number of aromatic hydroxyl groups is 2. The highest BCUT2D eigenvalue weighted by molar-refractivity contribution is 5.84. The zero-order valence-electron chi connectivity index (χ0n) is 15.9. The van der Waals surface area contributed by atoms with Crippen LogP contribution in [0.25, 0.3) is 11.1 Å². The summed E-state index contributed by atoms with van der Waals surface area (Å²) in [6.07, 6.45) is -1.65. The molecule has 2 aromatic rings. The van der Waals surface area contributed by atoms with Gasteiger partial charge in [0.1, 0.15) is 23.7 Å². The molecule has 4 rings (SSSR count). The molecule has 4 bridgehead atoms. The van der Waals surface area contributed by atoms with Gasteiger partial charge in [-0.15, -0.1) is 0 Å². The molecule has 0 saturated carbocycles. The number of rotatable bonds is 0. The van der Waals surface area contributed by atoms with E-state index >= 15 is 0 Å². The van der Waals surface area contributed by atoms with Crippen LogP contribution in [0.4, 0.5) is 0 Å². The van der Waals surface area contributed by atoms with Crippen molar-refractivity contribution in [2.75, 3.05) is 0 Å². The maximum absolute atomic E-state index is 12.8. The van der Waals surface area contributed by atoms with Gasteiger partial charge < -0.3 is 24.8 Å². The molecule has 1 aliphatic heterocycles. The number of aliphatic hydroxyl groups excluding tert-OH is 1. The number of Topliss-reactive ketones (excluding diaryl/α,β-unsaturated/α-hetero) is 1. The summed E-state index contributed by atoms with van der Waals surface area (Å²) >= 11 is 0. The van der Waals surface area contributed by atoms with Crippen molar-refractivity contribution < 1.29 is 29.6 Å². The van der Waals surface area contributed by atoms with Crippen molar-refractivity contribution in [1.82, 2.24) is 0 Å². The first kappa shape index (κ1) is 18.9. The summed E-state index contributed by atoms with van der Waals surface area (Å²) in [5.74, 6) is -0.994. The number of benzene rings is 2. The minimum absolute atomic E-state index is 0.0381. The number of hydrogen-bond donors (Lipinski definition) is 3. The first-order chi connectivity index (χ1) is 13.2. The second kappa shape index (κ2) is 6.88. The minimum Gasteiger partial charge on any atom is -0.507 e. The van der Waals surface area contributed by atoms with Crippen molar-refractivity contribution in [3.63, 3.8) is 0 Å². The fourth-order valence-corrected chi connectivity index (χ4v) is 3.97. The van der Waals surface area contributed by atoms with Crippen molar-refractivity contribution >= 4 is 5.78 Å². The molecule has 0 radical (unpaired) electrons. The second-order valence-electron chi connectivity index (χ2n) is 7.96. The Balaban J connectivity index is 1.80. The summed E-state index contributed by atoms with van der Waals surface area (Å²) in [4.78, 5) is 12.8. The van der Waals surface area contributed by atoms with Gasteiger partial charge in [0.05, 0.1) is 6.10 Å². The fraction of sp³-hybridized carbons (Fsp3) is 0.409. The van der Waals surface area contributed by atoms with Gasteiger partial charge in [0.15, 0.2) is 11.6 Å². The van der Waals surface area contributed by atoms with Crippen LogP contribution in [-0.2, 0) is 27.1 Å². The monoisotopic (exact) mass is 384 g/mol. The van der Waals surface area contributed by atoms with Crippen LogP contribution in [0, 0.1) is 0 Å². The number of aliphatic hydroxyl groups is 1. The van der Waals surface area contributed by atoms with E-state index in [0.29, 0.717) is 17.5 Å². The van der Waals surface area contributed by atoms with Gasteiger partial charge >= 0.3 is 0 Å². The van der Waals surface area contributed by atoms with Crippen molar-refractivity contribution in [3.05, 3.63) is 47.5 Å². The third kappa shape index (κ3) is 3.51.